The van der Waals surface area contributed by atoms with Gasteiger partial charge < -0.3 is 11.1 Å². The molecule has 0 saturated carbocycles. The van der Waals surface area contributed by atoms with Crippen LogP contribution in [0.15, 0.2) is 6.07 Å². The lowest BCUT2D eigenvalue weighted by molar-refractivity contribution is 0.530. The molecule has 1 rings (SSSR count). The van der Waals surface area contributed by atoms with Crippen LogP contribution in [-0.4, -0.2) is 16.4 Å². The molecular formula is C11H22N4. The second kappa shape index (κ2) is 4.66. The maximum Gasteiger partial charge on any atom is 0.125 e. The summed E-state index contributed by atoms with van der Waals surface area (Å²) in [5.41, 5.74) is 6.68. The summed E-state index contributed by atoms with van der Waals surface area (Å²) in [5.74, 6) is 1.02. The van der Waals surface area contributed by atoms with Crippen molar-refractivity contribution >= 4 is 5.82 Å². The molecule has 0 fully saturated rings. The van der Waals surface area contributed by atoms with Gasteiger partial charge in [-0.15, -0.1) is 0 Å². The van der Waals surface area contributed by atoms with Crippen LogP contribution in [-0.2, 0) is 12.0 Å². The van der Waals surface area contributed by atoms with E-state index in [1.165, 1.54) is 0 Å². The maximum absolute atomic E-state index is 5.49. The van der Waals surface area contributed by atoms with Gasteiger partial charge in [0.05, 0.1) is 12.4 Å². The number of hydrogen-bond donors (Lipinski definition) is 2. The first-order chi connectivity index (χ1) is 6.99. The molecule has 0 spiro atoms. The predicted molar refractivity (Wildman–Crippen MR) is 63.9 cm³/mol. The van der Waals surface area contributed by atoms with E-state index in [1.54, 1.807) is 0 Å². The van der Waals surface area contributed by atoms with Crippen LogP contribution in [0.3, 0.4) is 0 Å². The van der Waals surface area contributed by atoms with Crippen LogP contribution in [0.1, 0.15) is 39.8 Å². The Morgan fingerprint density at radius 1 is 1.47 bits per heavy atom. The number of anilines is 1. The van der Waals surface area contributed by atoms with E-state index in [0.717, 1.165) is 24.5 Å². The molecule has 15 heavy (non-hydrogen) atoms. The van der Waals surface area contributed by atoms with Gasteiger partial charge in [-0.25, -0.2) is 4.68 Å². The van der Waals surface area contributed by atoms with Crippen LogP contribution in [0, 0.1) is 0 Å². The van der Waals surface area contributed by atoms with Crippen molar-refractivity contribution in [2.24, 2.45) is 5.73 Å². The molecule has 0 atom stereocenters. The van der Waals surface area contributed by atoms with Gasteiger partial charge in [0.2, 0.25) is 0 Å². The zero-order valence-electron chi connectivity index (χ0n) is 10.2. The maximum atomic E-state index is 5.49. The van der Waals surface area contributed by atoms with E-state index in [9.17, 15) is 0 Å². The van der Waals surface area contributed by atoms with Gasteiger partial charge in [-0.3, -0.25) is 0 Å². The summed E-state index contributed by atoms with van der Waals surface area (Å²) >= 11 is 0. The van der Waals surface area contributed by atoms with Crippen molar-refractivity contribution in [1.82, 2.24) is 9.78 Å². The van der Waals surface area contributed by atoms with E-state index in [1.807, 2.05) is 4.68 Å². The van der Waals surface area contributed by atoms with Gasteiger partial charge >= 0.3 is 0 Å². The molecule has 0 saturated heterocycles. The van der Waals surface area contributed by atoms with Gasteiger partial charge in [0.15, 0.2) is 0 Å². The summed E-state index contributed by atoms with van der Waals surface area (Å²) in [5, 5.41) is 7.72. The smallest absolute Gasteiger partial charge is 0.125 e. The standard InChI is InChI=1S/C11H22N4/c1-5-6-15-10(13-8-12)7-9(14-15)11(2,3)4/h7,13H,5-6,8,12H2,1-4H3. The van der Waals surface area contributed by atoms with Crippen LogP contribution >= 0.6 is 0 Å². The van der Waals surface area contributed by atoms with Gasteiger partial charge in [-0.05, 0) is 6.42 Å². The SMILES string of the molecule is CCCn1nc(C(C)(C)C)cc1NCN. The highest BCUT2D eigenvalue weighted by atomic mass is 15.3. The fraction of sp³-hybridized carbons (Fsp3) is 0.727. The minimum absolute atomic E-state index is 0.0873. The second-order valence-corrected chi connectivity index (χ2v) is 4.77. The van der Waals surface area contributed by atoms with Gasteiger partial charge in [0, 0.05) is 18.0 Å². The monoisotopic (exact) mass is 210 g/mol. The number of nitrogens with one attached hydrogen (secondary N) is 1. The number of nitrogens with two attached hydrogens (primary N) is 1. The van der Waals surface area contributed by atoms with E-state index in [4.69, 9.17) is 5.73 Å². The van der Waals surface area contributed by atoms with E-state index < -0.39 is 0 Å². The molecule has 1 aromatic rings. The van der Waals surface area contributed by atoms with Gasteiger partial charge in [0.1, 0.15) is 5.82 Å². The molecule has 3 N–H and O–H groups in total. The van der Waals surface area contributed by atoms with Crippen molar-refractivity contribution in [2.75, 3.05) is 12.0 Å². The lowest BCUT2D eigenvalue weighted by Crippen LogP contribution is -2.15. The number of nitrogens with zero attached hydrogens (tertiary/aromatic N) is 2. The van der Waals surface area contributed by atoms with Crippen molar-refractivity contribution in [3.8, 4) is 0 Å². The van der Waals surface area contributed by atoms with Crippen molar-refractivity contribution in [1.29, 1.82) is 0 Å². The Kier molecular flexibility index (Phi) is 3.74. The third-order valence-corrected chi connectivity index (χ3v) is 2.27. The zero-order chi connectivity index (χ0) is 11.5. The Balaban J connectivity index is 2.98. The Morgan fingerprint density at radius 2 is 2.13 bits per heavy atom. The van der Waals surface area contributed by atoms with E-state index in [2.05, 4.69) is 44.2 Å². The van der Waals surface area contributed by atoms with E-state index in [0.29, 0.717) is 6.67 Å². The Morgan fingerprint density at radius 3 is 2.60 bits per heavy atom. The van der Waals surface area contributed by atoms with E-state index >= 15 is 0 Å². The molecule has 0 aromatic carbocycles. The minimum Gasteiger partial charge on any atom is -0.358 e. The summed E-state index contributed by atoms with van der Waals surface area (Å²) in [6, 6.07) is 2.09. The van der Waals surface area contributed by atoms with Crippen LogP contribution < -0.4 is 11.1 Å². The molecule has 0 amide bonds. The Bertz CT molecular complexity index is 285. The number of aryl methyl sites for hydroxylation is 1. The average molecular weight is 210 g/mol. The summed E-state index contributed by atoms with van der Waals surface area (Å²) < 4.78 is 1.99. The molecule has 0 aliphatic carbocycles. The molecule has 86 valence electrons. The first kappa shape index (κ1) is 12.0. The summed E-state index contributed by atoms with van der Waals surface area (Å²) in [6.07, 6.45) is 1.07. The summed E-state index contributed by atoms with van der Waals surface area (Å²) in [7, 11) is 0. The normalized spacial score (nSPS) is 11.8. The van der Waals surface area contributed by atoms with Gasteiger partial charge in [0.25, 0.3) is 0 Å². The quantitative estimate of drug-likeness (QED) is 0.746. The van der Waals surface area contributed by atoms with Crippen molar-refractivity contribution < 1.29 is 0 Å². The minimum atomic E-state index is 0.0873. The highest BCUT2D eigenvalue weighted by molar-refractivity contribution is 5.38. The number of hydrogen-bond acceptors (Lipinski definition) is 3. The predicted octanol–water partition coefficient (Wildman–Crippen LogP) is 1.92. The Hall–Kier alpha value is -1.03. The summed E-state index contributed by atoms with van der Waals surface area (Å²) in [6.45, 7) is 10.0. The van der Waals surface area contributed by atoms with Gasteiger partial charge in [-0.2, -0.15) is 5.10 Å². The molecule has 0 radical (unpaired) electrons. The van der Waals surface area contributed by atoms with Crippen molar-refractivity contribution in [2.45, 2.75) is 46.1 Å². The molecule has 4 heteroatoms. The first-order valence-electron chi connectivity index (χ1n) is 5.51. The molecule has 1 heterocycles. The van der Waals surface area contributed by atoms with Crippen LogP contribution in [0.4, 0.5) is 5.82 Å². The van der Waals surface area contributed by atoms with E-state index in [-0.39, 0.29) is 5.41 Å². The van der Waals surface area contributed by atoms with Crippen LogP contribution in [0.5, 0.6) is 0 Å². The fourth-order valence-electron chi connectivity index (χ4n) is 1.41. The zero-order valence-corrected chi connectivity index (χ0v) is 10.2. The fourth-order valence-corrected chi connectivity index (χ4v) is 1.41. The lowest BCUT2D eigenvalue weighted by atomic mass is 9.92. The largest absolute Gasteiger partial charge is 0.358 e. The molecule has 4 nitrogen and oxygen atoms in total. The average Bonchev–Trinajstić information content (AvgIpc) is 2.50. The van der Waals surface area contributed by atoms with Crippen LogP contribution in [0.25, 0.3) is 0 Å². The summed E-state index contributed by atoms with van der Waals surface area (Å²) in [4.78, 5) is 0. The lowest BCUT2D eigenvalue weighted by Gasteiger charge is -2.13. The third kappa shape index (κ3) is 2.96. The molecule has 0 bridgehead atoms. The Labute approximate surface area is 91.8 Å². The number of aromatic nitrogens is 2. The highest BCUT2D eigenvalue weighted by Gasteiger charge is 2.19. The van der Waals surface area contributed by atoms with Crippen molar-refractivity contribution in [3.63, 3.8) is 0 Å². The molecular weight excluding hydrogens is 188 g/mol. The second-order valence-electron chi connectivity index (χ2n) is 4.77. The molecule has 0 aliphatic rings. The topological polar surface area (TPSA) is 55.9 Å². The molecule has 0 unspecified atom stereocenters. The van der Waals surface area contributed by atoms with Gasteiger partial charge in [-0.1, -0.05) is 27.7 Å². The molecule has 1 aromatic heterocycles. The highest BCUT2D eigenvalue weighted by Crippen LogP contribution is 2.23. The first-order valence-corrected chi connectivity index (χ1v) is 5.51. The van der Waals surface area contributed by atoms with Crippen molar-refractivity contribution in [3.05, 3.63) is 11.8 Å². The molecule has 0 aliphatic heterocycles. The number of rotatable bonds is 4. The van der Waals surface area contributed by atoms with Crippen LogP contribution in [0.2, 0.25) is 0 Å². The third-order valence-electron chi connectivity index (χ3n) is 2.27.